The van der Waals surface area contributed by atoms with E-state index < -0.39 is 0 Å². The maximum Gasteiger partial charge on any atom is 0.260 e. The standard InChI is InChI=1S/C17H24ClN3O4/c1-3-21(4-2)16(22)11-25-15-6-5-12(9-13(15)18)20-17(23)14-10-24-8-7-19-14/h5-6,9,14,19H,3-4,7-8,10-11H2,1-2H3,(H,20,23). The van der Waals surface area contributed by atoms with Gasteiger partial charge in [-0.05, 0) is 32.0 Å². The van der Waals surface area contributed by atoms with Crippen molar-refractivity contribution in [2.45, 2.75) is 19.9 Å². The highest BCUT2D eigenvalue weighted by Crippen LogP contribution is 2.27. The largest absolute Gasteiger partial charge is 0.482 e. The number of carbonyl (C=O) groups is 2. The molecule has 0 aliphatic carbocycles. The van der Waals surface area contributed by atoms with Crippen molar-refractivity contribution in [2.24, 2.45) is 0 Å². The highest BCUT2D eigenvalue weighted by atomic mass is 35.5. The Morgan fingerprint density at radius 3 is 2.76 bits per heavy atom. The number of nitrogens with one attached hydrogen (secondary N) is 2. The minimum atomic E-state index is -0.379. The average Bonchev–Trinajstić information content (AvgIpc) is 2.62. The van der Waals surface area contributed by atoms with Gasteiger partial charge in [0.05, 0.1) is 18.2 Å². The van der Waals surface area contributed by atoms with Gasteiger partial charge in [-0.25, -0.2) is 0 Å². The van der Waals surface area contributed by atoms with Crippen LogP contribution in [-0.4, -0.2) is 62.2 Å². The zero-order valence-corrected chi connectivity index (χ0v) is 15.3. The van der Waals surface area contributed by atoms with Crippen LogP contribution in [0.4, 0.5) is 5.69 Å². The second-order valence-corrected chi connectivity index (χ2v) is 5.98. The third-order valence-corrected chi connectivity index (χ3v) is 4.20. The van der Waals surface area contributed by atoms with E-state index in [2.05, 4.69) is 10.6 Å². The molecule has 0 aromatic heterocycles. The Hall–Kier alpha value is -1.83. The number of ether oxygens (including phenoxy) is 2. The molecule has 1 atom stereocenters. The molecule has 1 unspecified atom stereocenters. The molecule has 1 aliphatic heterocycles. The maximum absolute atomic E-state index is 12.1. The number of hydrogen-bond acceptors (Lipinski definition) is 5. The third kappa shape index (κ3) is 5.59. The lowest BCUT2D eigenvalue weighted by Gasteiger charge is -2.23. The first-order chi connectivity index (χ1) is 12.0. The molecule has 8 heteroatoms. The van der Waals surface area contributed by atoms with Crippen LogP contribution in [0.25, 0.3) is 0 Å². The Bertz CT molecular complexity index is 602. The maximum atomic E-state index is 12.1. The lowest BCUT2D eigenvalue weighted by Crippen LogP contribution is -2.48. The smallest absolute Gasteiger partial charge is 0.260 e. The fourth-order valence-corrected chi connectivity index (χ4v) is 2.70. The number of benzene rings is 1. The topological polar surface area (TPSA) is 79.9 Å². The summed E-state index contributed by atoms with van der Waals surface area (Å²) in [5, 5.41) is 6.20. The summed E-state index contributed by atoms with van der Waals surface area (Å²) in [4.78, 5) is 25.8. The number of likely N-dealkylation sites (N-methyl/N-ethyl adjacent to an activating group) is 1. The monoisotopic (exact) mass is 369 g/mol. The van der Waals surface area contributed by atoms with Gasteiger partial charge in [0.25, 0.3) is 5.91 Å². The highest BCUT2D eigenvalue weighted by molar-refractivity contribution is 6.32. The van der Waals surface area contributed by atoms with Gasteiger partial charge < -0.3 is 25.0 Å². The van der Waals surface area contributed by atoms with E-state index in [0.717, 1.165) is 0 Å². The summed E-state index contributed by atoms with van der Waals surface area (Å²) in [6.45, 7) is 6.62. The second kappa shape index (κ2) is 9.60. The van der Waals surface area contributed by atoms with Gasteiger partial charge in [-0.2, -0.15) is 0 Å². The van der Waals surface area contributed by atoms with Crippen molar-refractivity contribution in [1.82, 2.24) is 10.2 Å². The Kier molecular flexibility index (Phi) is 7.49. The Morgan fingerprint density at radius 2 is 2.16 bits per heavy atom. The van der Waals surface area contributed by atoms with Crippen molar-refractivity contribution in [1.29, 1.82) is 0 Å². The fraction of sp³-hybridized carbons (Fsp3) is 0.529. The third-order valence-electron chi connectivity index (χ3n) is 3.90. The predicted octanol–water partition coefficient (Wildman–Crippen LogP) is 1.51. The summed E-state index contributed by atoms with van der Waals surface area (Å²) in [6, 6.07) is 4.54. The molecule has 1 aromatic carbocycles. The van der Waals surface area contributed by atoms with Crippen molar-refractivity contribution < 1.29 is 19.1 Å². The molecule has 0 bridgehead atoms. The normalized spacial score (nSPS) is 17.0. The molecule has 1 fully saturated rings. The van der Waals surface area contributed by atoms with E-state index in [1.54, 1.807) is 23.1 Å². The van der Waals surface area contributed by atoms with Gasteiger partial charge >= 0.3 is 0 Å². The first-order valence-corrected chi connectivity index (χ1v) is 8.75. The van der Waals surface area contributed by atoms with Gasteiger partial charge in [0.1, 0.15) is 11.8 Å². The molecular weight excluding hydrogens is 346 g/mol. The minimum absolute atomic E-state index is 0.0730. The molecule has 2 N–H and O–H groups in total. The summed E-state index contributed by atoms with van der Waals surface area (Å²) in [7, 11) is 0. The summed E-state index contributed by atoms with van der Waals surface area (Å²) in [5.41, 5.74) is 0.560. The van der Waals surface area contributed by atoms with Gasteiger partial charge in [0.2, 0.25) is 5.91 Å². The molecule has 1 saturated heterocycles. The Labute approximate surface area is 152 Å². The minimum Gasteiger partial charge on any atom is -0.482 e. The number of nitrogens with zero attached hydrogens (tertiary/aromatic N) is 1. The number of carbonyl (C=O) groups excluding carboxylic acids is 2. The van der Waals surface area contributed by atoms with E-state index >= 15 is 0 Å². The van der Waals surface area contributed by atoms with Crippen molar-refractivity contribution in [3.63, 3.8) is 0 Å². The van der Waals surface area contributed by atoms with Crippen LogP contribution < -0.4 is 15.4 Å². The SMILES string of the molecule is CCN(CC)C(=O)COc1ccc(NC(=O)C2COCCN2)cc1Cl. The molecule has 1 heterocycles. The van der Waals surface area contributed by atoms with Gasteiger partial charge in [-0.3, -0.25) is 9.59 Å². The van der Waals surface area contributed by atoms with E-state index in [9.17, 15) is 9.59 Å². The van der Waals surface area contributed by atoms with Gasteiger partial charge in [-0.1, -0.05) is 11.6 Å². The molecule has 25 heavy (non-hydrogen) atoms. The summed E-state index contributed by atoms with van der Waals surface area (Å²) >= 11 is 6.19. The summed E-state index contributed by atoms with van der Waals surface area (Å²) in [5.74, 6) is 0.127. The number of halogens is 1. The van der Waals surface area contributed by atoms with Crippen LogP contribution in [0.3, 0.4) is 0 Å². The van der Waals surface area contributed by atoms with Crippen molar-refractivity contribution in [3.8, 4) is 5.75 Å². The number of amides is 2. The first-order valence-electron chi connectivity index (χ1n) is 8.37. The summed E-state index contributed by atoms with van der Waals surface area (Å²) < 4.78 is 10.8. The molecule has 138 valence electrons. The van der Waals surface area contributed by atoms with Crippen LogP contribution in [-0.2, 0) is 14.3 Å². The molecule has 0 radical (unpaired) electrons. The van der Waals surface area contributed by atoms with E-state index in [1.807, 2.05) is 13.8 Å². The van der Waals surface area contributed by atoms with Crippen LogP contribution in [0.1, 0.15) is 13.8 Å². The predicted molar refractivity (Wildman–Crippen MR) is 96.1 cm³/mol. The number of morpholine rings is 1. The lowest BCUT2D eigenvalue weighted by atomic mass is 10.2. The van der Waals surface area contributed by atoms with Crippen molar-refractivity contribution in [2.75, 3.05) is 44.8 Å². The fourth-order valence-electron chi connectivity index (χ4n) is 2.47. The van der Waals surface area contributed by atoms with E-state index in [4.69, 9.17) is 21.1 Å². The number of anilines is 1. The molecule has 0 spiro atoms. The van der Waals surface area contributed by atoms with Crippen molar-refractivity contribution in [3.05, 3.63) is 23.2 Å². The summed E-state index contributed by atoms with van der Waals surface area (Å²) in [6.07, 6.45) is 0. The van der Waals surface area contributed by atoms with Gasteiger partial charge in [-0.15, -0.1) is 0 Å². The van der Waals surface area contributed by atoms with E-state index in [1.165, 1.54) is 0 Å². The molecule has 1 aliphatic rings. The Balaban J connectivity index is 1.91. The molecule has 2 rings (SSSR count). The van der Waals surface area contributed by atoms with Crippen LogP contribution in [0.15, 0.2) is 18.2 Å². The first kappa shape index (κ1) is 19.5. The van der Waals surface area contributed by atoms with Crippen molar-refractivity contribution >= 4 is 29.1 Å². The number of hydrogen-bond donors (Lipinski definition) is 2. The van der Waals surface area contributed by atoms with E-state index in [0.29, 0.717) is 49.3 Å². The molecule has 2 amide bonds. The number of rotatable bonds is 7. The van der Waals surface area contributed by atoms with Gasteiger partial charge in [0.15, 0.2) is 6.61 Å². The van der Waals surface area contributed by atoms with Gasteiger partial charge in [0, 0.05) is 25.3 Å². The van der Waals surface area contributed by atoms with Crippen LogP contribution in [0, 0.1) is 0 Å². The Morgan fingerprint density at radius 1 is 1.40 bits per heavy atom. The molecule has 7 nitrogen and oxygen atoms in total. The molecule has 1 aromatic rings. The zero-order valence-electron chi connectivity index (χ0n) is 14.5. The van der Waals surface area contributed by atoms with Crippen LogP contribution in [0.2, 0.25) is 5.02 Å². The van der Waals surface area contributed by atoms with Crippen LogP contribution in [0.5, 0.6) is 5.75 Å². The zero-order chi connectivity index (χ0) is 18.2. The quantitative estimate of drug-likeness (QED) is 0.761. The van der Waals surface area contributed by atoms with E-state index in [-0.39, 0.29) is 24.5 Å². The second-order valence-electron chi connectivity index (χ2n) is 5.57. The average molecular weight is 370 g/mol. The highest BCUT2D eigenvalue weighted by Gasteiger charge is 2.21. The molecule has 0 saturated carbocycles. The van der Waals surface area contributed by atoms with Crippen LogP contribution >= 0.6 is 11.6 Å². The molecular formula is C17H24ClN3O4. The lowest BCUT2D eigenvalue weighted by molar-refractivity contribution is -0.133.